The molecule has 2 atom stereocenters. The van der Waals surface area contributed by atoms with Crippen molar-refractivity contribution in [3.8, 4) is 5.75 Å². The zero-order valence-corrected chi connectivity index (χ0v) is 20.9. The van der Waals surface area contributed by atoms with Crippen LogP contribution in [-0.2, 0) is 4.79 Å². The van der Waals surface area contributed by atoms with E-state index in [1.807, 2.05) is 42.6 Å². The molecule has 1 aromatic carbocycles. The third-order valence-electron chi connectivity index (χ3n) is 6.95. The minimum Gasteiger partial charge on any atom is -0.495 e. The minimum absolute atomic E-state index is 0.104. The quantitative estimate of drug-likeness (QED) is 0.444. The molecule has 3 aromatic rings. The number of carbonyl (C=O) groups is 1. The summed E-state index contributed by atoms with van der Waals surface area (Å²) in [6.07, 6.45) is 10.2. The molecule has 1 amide bonds. The fourth-order valence-electron chi connectivity index (χ4n) is 5.42. The van der Waals surface area contributed by atoms with Gasteiger partial charge >= 0.3 is 0 Å². The summed E-state index contributed by atoms with van der Waals surface area (Å²) in [5.74, 6) is 0.446. The zero-order valence-electron chi connectivity index (χ0n) is 20.1. The van der Waals surface area contributed by atoms with Crippen molar-refractivity contribution in [1.29, 1.82) is 0 Å². The number of amides is 1. The van der Waals surface area contributed by atoms with Gasteiger partial charge in [-0.05, 0) is 67.5 Å². The SMILES string of the molecule is COc1ccc(N2C(=S)N[C@H](c3ccccn3)[C@H]2c2cccn2C2CCCCC2)cc1NC(C)=O. The average molecular weight is 490 g/mol. The summed E-state index contributed by atoms with van der Waals surface area (Å²) >= 11 is 5.90. The van der Waals surface area contributed by atoms with E-state index in [2.05, 4.69) is 43.4 Å². The van der Waals surface area contributed by atoms with Crippen LogP contribution < -0.4 is 20.3 Å². The first kappa shape index (κ1) is 23.4. The number of nitrogens with one attached hydrogen (secondary N) is 2. The van der Waals surface area contributed by atoms with Gasteiger partial charge in [0.2, 0.25) is 5.91 Å². The highest BCUT2D eigenvalue weighted by Gasteiger charge is 2.42. The number of pyridine rings is 1. The van der Waals surface area contributed by atoms with Gasteiger partial charge in [-0.3, -0.25) is 9.78 Å². The molecular formula is C27H31N5O2S. The van der Waals surface area contributed by atoms with Crippen LogP contribution in [0.2, 0.25) is 0 Å². The summed E-state index contributed by atoms with van der Waals surface area (Å²) in [6.45, 7) is 1.49. The molecule has 182 valence electrons. The number of hydrogen-bond acceptors (Lipinski definition) is 4. The standard InChI is InChI=1S/C27H31N5O2S/c1-18(33)29-22-17-20(13-14-24(22)34-2)32-26(25(30-27(32)35)21-11-6-7-15-28-21)23-12-8-16-31(23)19-9-4-3-5-10-19/h6-8,11-17,19,25-26H,3-5,9-10H2,1-2H3,(H,29,33)(H,30,35)/t25-,26-/m1/s1. The number of aromatic nitrogens is 2. The third kappa shape index (κ3) is 4.62. The third-order valence-corrected chi connectivity index (χ3v) is 7.27. The Labute approximate surface area is 211 Å². The monoisotopic (exact) mass is 489 g/mol. The maximum Gasteiger partial charge on any atom is 0.221 e. The number of thiocarbonyl (C=S) groups is 1. The van der Waals surface area contributed by atoms with Crippen LogP contribution in [0.25, 0.3) is 0 Å². The molecule has 2 fully saturated rings. The van der Waals surface area contributed by atoms with E-state index in [0.29, 0.717) is 22.6 Å². The van der Waals surface area contributed by atoms with Gasteiger partial charge in [-0.2, -0.15) is 0 Å². The van der Waals surface area contributed by atoms with Crippen molar-refractivity contribution >= 4 is 34.6 Å². The number of methoxy groups -OCH3 is 1. The van der Waals surface area contributed by atoms with Gasteiger partial charge in [0.15, 0.2) is 5.11 Å². The van der Waals surface area contributed by atoms with Crippen molar-refractivity contribution < 1.29 is 9.53 Å². The Kier molecular flexibility index (Phi) is 6.72. The number of anilines is 2. The maximum atomic E-state index is 11.9. The summed E-state index contributed by atoms with van der Waals surface area (Å²) in [4.78, 5) is 18.7. The molecule has 0 bridgehead atoms. The van der Waals surface area contributed by atoms with Gasteiger partial charge in [0.25, 0.3) is 0 Å². The van der Waals surface area contributed by atoms with Crippen LogP contribution >= 0.6 is 12.2 Å². The van der Waals surface area contributed by atoms with Crippen LogP contribution in [0.5, 0.6) is 5.75 Å². The second kappa shape index (κ2) is 10.1. The molecule has 35 heavy (non-hydrogen) atoms. The molecule has 1 saturated heterocycles. The molecule has 1 aliphatic heterocycles. The molecule has 0 radical (unpaired) electrons. The van der Waals surface area contributed by atoms with E-state index in [4.69, 9.17) is 17.0 Å². The highest BCUT2D eigenvalue weighted by molar-refractivity contribution is 7.80. The van der Waals surface area contributed by atoms with E-state index < -0.39 is 0 Å². The Morgan fingerprint density at radius 2 is 1.97 bits per heavy atom. The molecule has 1 saturated carbocycles. The predicted molar refractivity (Wildman–Crippen MR) is 142 cm³/mol. The topological polar surface area (TPSA) is 71.4 Å². The van der Waals surface area contributed by atoms with Gasteiger partial charge in [-0.25, -0.2) is 0 Å². The summed E-state index contributed by atoms with van der Waals surface area (Å²) in [7, 11) is 1.60. The van der Waals surface area contributed by atoms with Gasteiger partial charge in [0.1, 0.15) is 11.8 Å². The number of carbonyl (C=O) groups excluding carboxylic acids is 1. The van der Waals surface area contributed by atoms with Crippen LogP contribution in [0, 0.1) is 0 Å². The summed E-state index contributed by atoms with van der Waals surface area (Å²) < 4.78 is 7.93. The Bertz CT molecular complexity index is 1210. The van der Waals surface area contributed by atoms with Crippen LogP contribution in [0.3, 0.4) is 0 Å². The fraction of sp³-hybridized carbons (Fsp3) is 0.370. The second-order valence-corrected chi connectivity index (χ2v) is 9.58. The van der Waals surface area contributed by atoms with Gasteiger partial charge < -0.3 is 24.8 Å². The van der Waals surface area contributed by atoms with E-state index in [9.17, 15) is 4.79 Å². The van der Waals surface area contributed by atoms with Gasteiger partial charge in [0, 0.05) is 36.7 Å². The Morgan fingerprint density at radius 1 is 1.14 bits per heavy atom. The Balaban J connectivity index is 1.61. The van der Waals surface area contributed by atoms with Crippen LogP contribution in [0.1, 0.15) is 68.5 Å². The van der Waals surface area contributed by atoms with Gasteiger partial charge in [-0.1, -0.05) is 25.3 Å². The number of hydrogen-bond donors (Lipinski definition) is 2. The molecule has 0 spiro atoms. The van der Waals surface area contributed by atoms with Crippen molar-refractivity contribution in [3.05, 3.63) is 72.3 Å². The highest BCUT2D eigenvalue weighted by Crippen LogP contribution is 2.44. The fourth-order valence-corrected chi connectivity index (χ4v) is 5.76. The lowest BCUT2D eigenvalue weighted by Crippen LogP contribution is -2.31. The highest BCUT2D eigenvalue weighted by atomic mass is 32.1. The van der Waals surface area contributed by atoms with Crippen LogP contribution in [0.15, 0.2) is 60.9 Å². The molecule has 5 rings (SSSR count). The second-order valence-electron chi connectivity index (χ2n) is 9.19. The average Bonchev–Trinajstić information content (AvgIpc) is 3.49. The van der Waals surface area contributed by atoms with Crippen LogP contribution in [0.4, 0.5) is 11.4 Å². The van der Waals surface area contributed by atoms with E-state index in [1.54, 1.807) is 7.11 Å². The lowest BCUT2D eigenvalue weighted by Gasteiger charge is -2.32. The smallest absolute Gasteiger partial charge is 0.221 e. The molecule has 8 heteroatoms. The zero-order chi connectivity index (χ0) is 24.4. The van der Waals surface area contributed by atoms with Crippen molar-refractivity contribution in [2.45, 2.75) is 57.2 Å². The maximum absolute atomic E-state index is 11.9. The summed E-state index contributed by atoms with van der Waals surface area (Å²) in [5, 5.41) is 7.05. The molecule has 0 unspecified atom stereocenters. The van der Waals surface area contributed by atoms with Crippen molar-refractivity contribution in [1.82, 2.24) is 14.9 Å². The molecule has 7 nitrogen and oxygen atoms in total. The van der Waals surface area contributed by atoms with E-state index in [1.165, 1.54) is 44.7 Å². The van der Waals surface area contributed by atoms with Crippen molar-refractivity contribution in [3.63, 3.8) is 0 Å². The molecule has 2 N–H and O–H groups in total. The first-order chi connectivity index (χ1) is 17.1. The van der Waals surface area contributed by atoms with E-state index >= 15 is 0 Å². The molecule has 2 aromatic heterocycles. The number of nitrogens with zero attached hydrogens (tertiary/aromatic N) is 3. The van der Waals surface area contributed by atoms with Gasteiger partial charge in [-0.15, -0.1) is 0 Å². The summed E-state index contributed by atoms with van der Waals surface area (Å²) in [6, 6.07) is 16.4. The van der Waals surface area contributed by atoms with E-state index in [0.717, 1.165) is 11.4 Å². The predicted octanol–water partition coefficient (Wildman–Crippen LogP) is 5.53. The Morgan fingerprint density at radius 3 is 2.69 bits per heavy atom. The largest absolute Gasteiger partial charge is 0.495 e. The number of benzene rings is 1. The lowest BCUT2D eigenvalue weighted by molar-refractivity contribution is -0.114. The lowest BCUT2D eigenvalue weighted by atomic mass is 9.94. The Hall–Kier alpha value is -3.39. The number of rotatable bonds is 6. The first-order valence-electron chi connectivity index (χ1n) is 12.2. The molecule has 2 aliphatic rings. The van der Waals surface area contributed by atoms with Crippen LogP contribution in [-0.4, -0.2) is 27.7 Å². The normalized spacial score (nSPS) is 20.5. The van der Waals surface area contributed by atoms with E-state index in [-0.39, 0.29) is 18.0 Å². The minimum atomic E-state index is -0.156. The van der Waals surface area contributed by atoms with Crippen molar-refractivity contribution in [2.24, 2.45) is 0 Å². The first-order valence-corrected chi connectivity index (χ1v) is 12.6. The summed E-state index contributed by atoms with van der Waals surface area (Å²) in [5.41, 5.74) is 3.64. The molecule has 3 heterocycles. The van der Waals surface area contributed by atoms with Crippen molar-refractivity contribution in [2.75, 3.05) is 17.3 Å². The molecular weight excluding hydrogens is 458 g/mol. The van der Waals surface area contributed by atoms with Gasteiger partial charge in [0.05, 0.1) is 24.5 Å². The molecule has 1 aliphatic carbocycles. The number of ether oxygens (including phenoxy) is 1.